The summed E-state index contributed by atoms with van der Waals surface area (Å²) in [4.78, 5) is 0. The zero-order chi connectivity index (χ0) is 23.2. The van der Waals surface area contributed by atoms with Crippen molar-refractivity contribution in [3.05, 3.63) is 101 Å². The number of ether oxygens (including phenoxy) is 1. The molecular weight excluding hydrogens is 422 g/mol. The molecule has 6 heteroatoms. The van der Waals surface area contributed by atoms with Crippen molar-refractivity contribution in [2.24, 2.45) is 0 Å². The third kappa shape index (κ3) is 5.96. The Balaban J connectivity index is 1.43. The summed E-state index contributed by atoms with van der Waals surface area (Å²) in [5.41, 5.74) is 3.94. The van der Waals surface area contributed by atoms with Crippen LogP contribution in [0, 0.1) is 11.6 Å². The number of hydrogen-bond acceptors (Lipinski definition) is 4. The molecule has 4 rings (SSSR count). The van der Waals surface area contributed by atoms with Crippen LogP contribution in [-0.4, -0.2) is 36.5 Å². The van der Waals surface area contributed by atoms with E-state index in [9.17, 15) is 13.9 Å². The van der Waals surface area contributed by atoms with E-state index in [0.29, 0.717) is 19.6 Å². The van der Waals surface area contributed by atoms with E-state index < -0.39 is 6.10 Å². The minimum absolute atomic E-state index is 0.197. The normalized spacial score (nSPS) is 20.7. The van der Waals surface area contributed by atoms with Gasteiger partial charge in [-0.2, -0.15) is 0 Å². The highest BCUT2D eigenvalue weighted by atomic mass is 19.1. The highest BCUT2D eigenvalue weighted by Crippen LogP contribution is 2.35. The topological polar surface area (TPSA) is 53.5 Å². The van der Waals surface area contributed by atoms with E-state index >= 15 is 0 Å². The van der Waals surface area contributed by atoms with Crippen molar-refractivity contribution in [1.29, 1.82) is 0 Å². The van der Waals surface area contributed by atoms with E-state index in [1.807, 2.05) is 12.1 Å². The molecule has 0 saturated carbocycles. The summed E-state index contributed by atoms with van der Waals surface area (Å²) in [5, 5.41) is 17.6. The lowest BCUT2D eigenvalue weighted by atomic mass is 9.82. The molecule has 0 spiro atoms. The van der Waals surface area contributed by atoms with Crippen molar-refractivity contribution in [2.45, 2.75) is 44.1 Å². The van der Waals surface area contributed by atoms with Crippen molar-refractivity contribution in [2.75, 3.05) is 18.5 Å². The molecule has 1 saturated heterocycles. The van der Waals surface area contributed by atoms with Crippen LogP contribution in [0.2, 0.25) is 0 Å². The van der Waals surface area contributed by atoms with Crippen LogP contribution in [0.4, 0.5) is 14.5 Å². The molecule has 1 aliphatic heterocycles. The van der Waals surface area contributed by atoms with Gasteiger partial charge in [0.2, 0.25) is 0 Å². The lowest BCUT2D eigenvalue weighted by Gasteiger charge is -2.38. The number of rotatable bonds is 8. The number of halogens is 2. The first-order valence-corrected chi connectivity index (χ1v) is 11.4. The van der Waals surface area contributed by atoms with Gasteiger partial charge in [0.05, 0.1) is 24.9 Å². The molecule has 174 valence electrons. The summed E-state index contributed by atoms with van der Waals surface area (Å²) >= 11 is 0. The molecular formula is C27H30F2N2O2. The fraction of sp³-hybridized carbons (Fsp3) is 0.333. The predicted octanol–water partition coefficient (Wildman–Crippen LogP) is 4.84. The van der Waals surface area contributed by atoms with Crippen molar-refractivity contribution in [3.8, 4) is 0 Å². The van der Waals surface area contributed by atoms with E-state index in [1.54, 1.807) is 24.3 Å². The van der Waals surface area contributed by atoms with Gasteiger partial charge in [-0.15, -0.1) is 0 Å². The van der Waals surface area contributed by atoms with Crippen molar-refractivity contribution >= 4 is 5.69 Å². The van der Waals surface area contributed by atoms with Gasteiger partial charge in [-0.05, 0) is 60.0 Å². The molecule has 1 fully saturated rings. The summed E-state index contributed by atoms with van der Waals surface area (Å²) in [6.07, 6.45) is -0.502. The van der Waals surface area contributed by atoms with E-state index in [4.69, 9.17) is 4.74 Å². The lowest BCUT2D eigenvalue weighted by Crippen LogP contribution is -2.50. The summed E-state index contributed by atoms with van der Waals surface area (Å²) in [6, 6.07) is 20.5. The quantitative estimate of drug-likeness (QED) is 0.458. The molecule has 0 aliphatic carbocycles. The molecule has 3 N–H and O–H groups in total. The zero-order valence-electron chi connectivity index (χ0n) is 18.7. The Morgan fingerprint density at radius 1 is 0.909 bits per heavy atom. The first kappa shape index (κ1) is 23.4. The Morgan fingerprint density at radius 3 is 2.00 bits per heavy atom. The third-order valence-corrected chi connectivity index (χ3v) is 6.16. The van der Waals surface area contributed by atoms with Crippen LogP contribution < -0.4 is 10.6 Å². The smallest absolute Gasteiger partial charge is 0.123 e. The largest absolute Gasteiger partial charge is 0.391 e. The fourth-order valence-electron chi connectivity index (χ4n) is 4.39. The molecule has 3 unspecified atom stereocenters. The maximum absolute atomic E-state index is 13.5. The van der Waals surface area contributed by atoms with Gasteiger partial charge < -0.3 is 20.5 Å². The molecule has 3 aromatic carbocycles. The number of aliphatic hydroxyl groups excluding tert-OH is 1. The standard InChI is InChI=1S/C27H30F2N2O2/c1-2-30-23-13-3-18(4-14-23)16-31-24-17-33-26(15-25(24)32)27(19-5-9-21(28)10-6-19)20-7-11-22(29)12-8-20/h3-14,24-27,30-32H,2,15-17H2,1H3. The van der Waals surface area contributed by atoms with Gasteiger partial charge in [0.1, 0.15) is 11.6 Å². The number of aliphatic hydroxyl groups is 1. The van der Waals surface area contributed by atoms with Crippen LogP contribution in [0.5, 0.6) is 0 Å². The molecule has 33 heavy (non-hydrogen) atoms. The molecule has 0 radical (unpaired) electrons. The molecule has 0 amide bonds. The molecule has 1 aliphatic rings. The van der Waals surface area contributed by atoms with Gasteiger partial charge in [0.25, 0.3) is 0 Å². The highest BCUT2D eigenvalue weighted by molar-refractivity contribution is 5.44. The monoisotopic (exact) mass is 452 g/mol. The van der Waals surface area contributed by atoms with Gasteiger partial charge in [-0.25, -0.2) is 8.78 Å². The molecule has 1 heterocycles. The molecule has 4 nitrogen and oxygen atoms in total. The second kappa shape index (κ2) is 10.9. The van der Waals surface area contributed by atoms with Crippen LogP contribution in [0.15, 0.2) is 72.8 Å². The van der Waals surface area contributed by atoms with Crippen LogP contribution in [0.1, 0.15) is 36.0 Å². The summed E-state index contributed by atoms with van der Waals surface area (Å²) in [5.74, 6) is -0.867. The highest BCUT2D eigenvalue weighted by Gasteiger charge is 2.35. The second-order valence-corrected chi connectivity index (χ2v) is 8.47. The van der Waals surface area contributed by atoms with Crippen molar-refractivity contribution in [3.63, 3.8) is 0 Å². The fourth-order valence-corrected chi connectivity index (χ4v) is 4.39. The maximum atomic E-state index is 13.5. The number of hydrogen-bond donors (Lipinski definition) is 3. The van der Waals surface area contributed by atoms with Gasteiger partial charge in [-0.1, -0.05) is 36.4 Å². The van der Waals surface area contributed by atoms with Crippen LogP contribution in [0.3, 0.4) is 0 Å². The molecule has 0 aromatic heterocycles. The maximum Gasteiger partial charge on any atom is 0.123 e. The SMILES string of the molecule is CCNc1ccc(CNC2COC(C(c3ccc(F)cc3)c3ccc(F)cc3)CC2O)cc1. The van der Waals surface area contributed by atoms with Crippen LogP contribution in [-0.2, 0) is 11.3 Å². The minimum Gasteiger partial charge on any atom is -0.391 e. The third-order valence-electron chi connectivity index (χ3n) is 6.16. The Hall–Kier alpha value is -2.80. The van der Waals surface area contributed by atoms with E-state index in [0.717, 1.165) is 28.9 Å². The Morgan fingerprint density at radius 2 is 1.48 bits per heavy atom. The summed E-state index contributed by atoms with van der Waals surface area (Å²) < 4.78 is 33.2. The number of nitrogens with one attached hydrogen (secondary N) is 2. The van der Waals surface area contributed by atoms with E-state index in [2.05, 4.69) is 29.7 Å². The Bertz CT molecular complexity index is 964. The summed E-state index contributed by atoms with van der Waals surface area (Å²) in [6.45, 7) is 3.91. The number of benzene rings is 3. The average molecular weight is 453 g/mol. The molecule has 3 aromatic rings. The van der Waals surface area contributed by atoms with Crippen LogP contribution in [0.25, 0.3) is 0 Å². The average Bonchev–Trinajstić information content (AvgIpc) is 2.82. The van der Waals surface area contributed by atoms with Crippen molar-refractivity contribution in [1.82, 2.24) is 5.32 Å². The second-order valence-electron chi connectivity index (χ2n) is 8.47. The molecule has 0 bridgehead atoms. The van der Waals surface area contributed by atoms with Gasteiger partial charge >= 0.3 is 0 Å². The van der Waals surface area contributed by atoms with Gasteiger partial charge in [0, 0.05) is 31.1 Å². The lowest BCUT2D eigenvalue weighted by molar-refractivity contribution is -0.0718. The Labute approximate surface area is 193 Å². The first-order valence-electron chi connectivity index (χ1n) is 11.4. The first-order chi connectivity index (χ1) is 16.0. The number of anilines is 1. The molecule has 3 atom stereocenters. The predicted molar refractivity (Wildman–Crippen MR) is 126 cm³/mol. The van der Waals surface area contributed by atoms with Gasteiger partial charge in [0.15, 0.2) is 0 Å². The Kier molecular flexibility index (Phi) is 7.70. The van der Waals surface area contributed by atoms with E-state index in [-0.39, 0.29) is 29.7 Å². The van der Waals surface area contributed by atoms with Gasteiger partial charge in [-0.3, -0.25) is 0 Å². The summed E-state index contributed by atoms with van der Waals surface area (Å²) in [7, 11) is 0. The van der Waals surface area contributed by atoms with E-state index in [1.165, 1.54) is 24.3 Å². The minimum atomic E-state index is -0.604. The van der Waals surface area contributed by atoms with Crippen molar-refractivity contribution < 1.29 is 18.6 Å². The van der Waals surface area contributed by atoms with Crippen LogP contribution >= 0.6 is 0 Å². The zero-order valence-corrected chi connectivity index (χ0v) is 18.7.